The van der Waals surface area contributed by atoms with E-state index in [9.17, 15) is 9.59 Å². The third-order valence-electron chi connectivity index (χ3n) is 5.36. The van der Waals surface area contributed by atoms with Gasteiger partial charge >= 0.3 is 5.97 Å². The minimum atomic E-state index is -0.450. The van der Waals surface area contributed by atoms with E-state index in [2.05, 4.69) is 31.9 Å². The van der Waals surface area contributed by atoms with E-state index in [1.807, 2.05) is 26.1 Å². The molecule has 0 spiro atoms. The first-order chi connectivity index (χ1) is 14.1. The van der Waals surface area contributed by atoms with E-state index in [0.717, 1.165) is 28.1 Å². The third kappa shape index (κ3) is 4.50. The van der Waals surface area contributed by atoms with E-state index in [1.54, 1.807) is 16.5 Å². The molecule has 1 aromatic heterocycles. The van der Waals surface area contributed by atoms with Crippen molar-refractivity contribution in [2.45, 2.75) is 53.0 Å². The highest BCUT2D eigenvalue weighted by molar-refractivity contribution is 5.89. The number of amides is 1. The molecule has 0 unspecified atom stereocenters. The molecule has 2 heterocycles. The summed E-state index contributed by atoms with van der Waals surface area (Å²) in [6.07, 6.45) is 0.641. The zero-order valence-electron chi connectivity index (χ0n) is 18.7. The molecule has 0 atom stereocenters. The Labute approximate surface area is 178 Å². The van der Waals surface area contributed by atoms with Gasteiger partial charge in [-0.3, -0.25) is 9.48 Å². The number of carbonyl (C=O) groups excluding carboxylic acids is 2. The van der Waals surface area contributed by atoms with Gasteiger partial charge in [0, 0.05) is 31.3 Å². The molecule has 3 rings (SSSR count). The van der Waals surface area contributed by atoms with Crippen molar-refractivity contribution in [3.05, 3.63) is 46.3 Å². The molecule has 0 bridgehead atoms. The molecule has 30 heavy (non-hydrogen) atoms. The Morgan fingerprint density at radius 3 is 2.63 bits per heavy atom. The fourth-order valence-corrected chi connectivity index (χ4v) is 3.76. The predicted octanol–water partition coefficient (Wildman–Crippen LogP) is 3.17. The van der Waals surface area contributed by atoms with E-state index in [0.29, 0.717) is 25.2 Å². The highest BCUT2D eigenvalue weighted by atomic mass is 16.5. The number of carbonyl (C=O) groups is 2. The van der Waals surface area contributed by atoms with Gasteiger partial charge in [-0.05, 0) is 30.9 Å². The zero-order valence-corrected chi connectivity index (χ0v) is 18.7. The Kier molecular flexibility index (Phi) is 6.19. The average Bonchev–Trinajstić information content (AvgIpc) is 3.02. The number of ether oxygens (including phenoxy) is 2. The van der Waals surface area contributed by atoms with Crippen molar-refractivity contribution in [2.24, 2.45) is 7.05 Å². The molecule has 0 aliphatic carbocycles. The summed E-state index contributed by atoms with van der Waals surface area (Å²) < 4.78 is 12.8. The smallest absolute Gasteiger partial charge is 0.359 e. The largest absolute Gasteiger partial charge is 0.483 e. The van der Waals surface area contributed by atoms with Crippen LogP contribution in [-0.4, -0.2) is 46.3 Å². The maximum Gasteiger partial charge on any atom is 0.359 e. The highest BCUT2D eigenvalue weighted by Crippen LogP contribution is 2.32. The van der Waals surface area contributed by atoms with Crippen LogP contribution in [0.4, 0.5) is 0 Å². The molecule has 1 amide bonds. The second kappa shape index (κ2) is 8.50. The maximum atomic E-state index is 12.9. The Bertz CT molecular complexity index is 956. The molecule has 7 nitrogen and oxygen atoms in total. The number of benzene rings is 1. The van der Waals surface area contributed by atoms with Gasteiger partial charge in [0.25, 0.3) is 5.91 Å². The number of nitrogens with zero attached hydrogens (tertiary/aromatic N) is 3. The monoisotopic (exact) mass is 413 g/mol. The number of aryl methyl sites for hydroxylation is 2. The minimum absolute atomic E-state index is 0.0452. The van der Waals surface area contributed by atoms with Crippen LogP contribution in [0.15, 0.2) is 18.2 Å². The van der Waals surface area contributed by atoms with E-state index in [-0.39, 0.29) is 24.5 Å². The summed E-state index contributed by atoms with van der Waals surface area (Å²) in [4.78, 5) is 26.9. The van der Waals surface area contributed by atoms with E-state index >= 15 is 0 Å². The molecule has 0 saturated heterocycles. The molecular weight excluding hydrogens is 382 g/mol. The van der Waals surface area contributed by atoms with Crippen LogP contribution in [0.5, 0.6) is 5.75 Å². The SMILES string of the molecule is CCOC(=O)c1nn(C)c2c1CN(C(=O)COc1ccc(C)cc1C(C)(C)C)CC2. The molecule has 1 aliphatic heterocycles. The predicted molar refractivity (Wildman–Crippen MR) is 114 cm³/mol. The number of esters is 1. The second-order valence-electron chi connectivity index (χ2n) is 8.72. The van der Waals surface area contributed by atoms with Crippen molar-refractivity contribution in [3.8, 4) is 5.75 Å². The van der Waals surface area contributed by atoms with Crippen LogP contribution in [0.3, 0.4) is 0 Å². The zero-order chi connectivity index (χ0) is 22.1. The number of fused-ring (bicyclic) bond motifs is 1. The summed E-state index contributed by atoms with van der Waals surface area (Å²) in [6.45, 7) is 11.3. The first-order valence-corrected chi connectivity index (χ1v) is 10.4. The van der Waals surface area contributed by atoms with Gasteiger partial charge in [0.15, 0.2) is 12.3 Å². The summed E-state index contributed by atoms with van der Waals surface area (Å²) >= 11 is 0. The molecule has 0 saturated carbocycles. The normalized spacial score (nSPS) is 13.7. The summed E-state index contributed by atoms with van der Waals surface area (Å²) in [5.41, 5.74) is 4.17. The Balaban J connectivity index is 1.73. The molecule has 0 N–H and O–H groups in total. The van der Waals surface area contributed by atoms with Crippen LogP contribution in [0.25, 0.3) is 0 Å². The first-order valence-electron chi connectivity index (χ1n) is 10.4. The lowest BCUT2D eigenvalue weighted by molar-refractivity contribution is -0.134. The molecule has 7 heteroatoms. The van der Waals surface area contributed by atoms with Gasteiger partial charge in [-0.15, -0.1) is 0 Å². The maximum absolute atomic E-state index is 12.9. The second-order valence-corrected chi connectivity index (χ2v) is 8.72. The van der Waals surface area contributed by atoms with Gasteiger partial charge in [-0.1, -0.05) is 38.5 Å². The minimum Gasteiger partial charge on any atom is -0.483 e. The fourth-order valence-electron chi connectivity index (χ4n) is 3.76. The van der Waals surface area contributed by atoms with Gasteiger partial charge in [0.05, 0.1) is 13.2 Å². The van der Waals surface area contributed by atoms with Crippen LogP contribution in [0.2, 0.25) is 0 Å². The van der Waals surface area contributed by atoms with E-state index < -0.39 is 5.97 Å². The van der Waals surface area contributed by atoms with Crippen molar-refractivity contribution >= 4 is 11.9 Å². The van der Waals surface area contributed by atoms with Crippen LogP contribution in [-0.2, 0) is 35.0 Å². The highest BCUT2D eigenvalue weighted by Gasteiger charge is 2.30. The van der Waals surface area contributed by atoms with Gasteiger partial charge in [-0.25, -0.2) is 4.79 Å². The van der Waals surface area contributed by atoms with Crippen molar-refractivity contribution in [1.29, 1.82) is 0 Å². The Morgan fingerprint density at radius 1 is 1.23 bits per heavy atom. The molecule has 162 valence electrons. The van der Waals surface area contributed by atoms with Crippen molar-refractivity contribution in [2.75, 3.05) is 19.8 Å². The number of aromatic nitrogens is 2. The van der Waals surface area contributed by atoms with Crippen LogP contribution in [0.1, 0.15) is 60.6 Å². The van der Waals surface area contributed by atoms with Gasteiger partial charge < -0.3 is 14.4 Å². The Hall–Kier alpha value is -2.83. The summed E-state index contributed by atoms with van der Waals surface area (Å²) in [7, 11) is 1.81. The molecule has 0 fully saturated rings. The Morgan fingerprint density at radius 2 is 1.97 bits per heavy atom. The summed E-state index contributed by atoms with van der Waals surface area (Å²) in [5, 5.41) is 4.32. The van der Waals surface area contributed by atoms with Gasteiger partial charge in [0.2, 0.25) is 0 Å². The van der Waals surface area contributed by atoms with Crippen molar-refractivity contribution < 1.29 is 19.1 Å². The average molecular weight is 414 g/mol. The summed E-state index contributed by atoms with van der Waals surface area (Å²) in [6, 6.07) is 6.02. The van der Waals surface area contributed by atoms with Crippen LogP contribution >= 0.6 is 0 Å². The standard InChI is InChI=1S/C23H31N3O4/c1-7-29-22(28)21-16-13-26(11-10-18(16)25(6)24-21)20(27)14-30-19-9-8-15(2)12-17(19)23(3,4)5/h8-9,12H,7,10-11,13-14H2,1-6H3. The van der Waals surface area contributed by atoms with Crippen LogP contribution < -0.4 is 4.74 Å². The lowest BCUT2D eigenvalue weighted by Crippen LogP contribution is -2.39. The van der Waals surface area contributed by atoms with Gasteiger partial charge in [0.1, 0.15) is 5.75 Å². The lowest BCUT2D eigenvalue weighted by atomic mass is 9.85. The summed E-state index contributed by atoms with van der Waals surface area (Å²) in [5.74, 6) is 0.168. The topological polar surface area (TPSA) is 73.7 Å². The van der Waals surface area contributed by atoms with Crippen molar-refractivity contribution in [1.82, 2.24) is 14.7 Å². The fraction of sp³-hybridized carbons (Fsp3) is 0.522. The van der Waals surface area contributed by atoms with Crippen LogP contribution in [0, 0.1) is 6.92 Å². The molecule has 1 aromatic carbocycles. The first kappa shape index (κ1) is 21.9. The third-order valence-corrected chi connectivity index (χ3v) is 5.36. The van der Waals surface area contributed by atoms with E-state index in [1.165, 1.54) is 0 Å². The molecule has 1 aliphatic rings. The van der Waals surface area contributed by atoms with E-state index in [4.69, 9.17) is 9.47 Å². The number of hydrogen-bond acceptors (Lipinski definition) is 5. The van der Waals surface area contributed by atoms with Crippen molar-refractivity contribution in [3.63, 3.8) is 0 Å². The lowest BCUT2D eigenvalue weighted by Gasteiger charge is -2.28. The number of rotatable bonds is 5. The molecule has 0 radical (unpaired) electrons. The number of hydrogen-bond donors (Lipinski definition) is 0. The molecular formula is C23H31N3O4. The van der Waals surface area contributed by atoms with Gasteiger partial charge in [-0.2, -0.15) is 5.10 Å². The quantitative estimate of drug-likeness (QED) is 0.704. The molecule has 2 aromatic rings.